The van der Waals surface area contributed by atoms with Gasteiger partial charge < -0.3 is 19.7 Å². The average Bonchev–Trinajstić information content (AvgIpc) is 2.83. The predicted molar refractivity (Wildman–Crippen MR) is 51.4 cm³/mol. The number of rotatable bonds is 4. The van der Waals surface area contributed by atoms with Gasteiger partial charge in [0.2, 0.25) is 5.89 Å². The molecule has 0 radical (unpaired) electrons. The molecule has 1 saturated heterocycles. The molecule has 1 aromatic rings. The molecule has 0 saturated carbocycles. The number of hydrogen-bond donors (Lipinski definition) is 1. The molecule has 2 atom stereocenters. The molecule has 1 aliphatic rings. The number of ether oxygens (including phenoxy) is 2. The SMILES string of the molecule is COCCc1noc(C2COCC2N)n1. The predicted octanol–water partition coefficient (Wildman–Crippen LogP) is -0.300. The summed E-state index contributed by atoms with van der Waals surface area (Å²) in [5.74, 6) is 1.27. The Labute approximate surface area is 87.7 Å². The summed E-state index contributed by atoms with van der Waals surface area (Å²) in [4.78, 5) is 4.26. The van der Waals surface area contributed by atoms with Crippen molar-refractivity contribution in [2.24, 2.45) is 5.73 Å². The van der Waals surface area contributed by atoms with Crippen LogP contribution in [0.1, 0.15) is 17.6 Å². The smallest absolute Gasteiger partial charge is 0.233 e. The molecule has 1 aromatic heterocycles. The van der Waals surface area contributed by atoms with E-state index in [4.69, 9.17) is 19.7 Å². The lowest BCUT2D eigenvalue weighted by atomic mass is 10.1. The fourth-order valence-corrected chi connectivity index (χ4v) is 1.54. The van der Waals surface area contributed by atoms with Crippen LogP contribution in [-0.2, 0) is 15.9 Å². The van der Waals surface area contributed by atoms with Crippen molar-refractivity contribution in [3.63, 3.8) is 0 Å². The van der Waals surface area contributed by atoms with Gasteiger partial charge in [0, 0.05) is 19.6 Å². The van der Waals surface area contributed by atoms with Crippen molar-refractivity contribution < 1.29 is 14.0 Å². The molecule has 6 heteroatoms. The Balaban J connectivity index is 1.99. The first-order chi connectivity index (χ1) is 7.31. The van der Waals surface area contributed by atoms with Crippen LogP contribution in [0.4, 0.5) is 0 Å². The highest BCUT2D eigenvalue weighted by Crippen LogP contribution is 2.22. The maximum Gasteiger partial charge on any atom is 0.233 e. The number of methoxy groups -OCH3 is 1. The monoisotopic (exact) mass is 213 g/mol. The summed E-state index contributed by atoms with van der Waals surface area (Å²) in [6, 6.07) is -0.0410. The van der Waals surface area contributed by atoms with Gasteiger partial charge in [-0.1, -0.05) is 5.16 Å². The average molecular weight is 213 g/mol. The molecule has 0 aromatic carbocycles. The van der Waals surface area contributed by atoms with Gasteiger partial charge in [0.15, 0.2) is 5.82 Å². The molecule has 1 fully saturated rings. The molecule has 0 bridgehead atoms. The molecule has 15 heavy (non-hydrogen) atoms. The summed E-state index contributed by atoms with van der Waals surface area (Å²) in [5.41, 5.74) is 5.84. The summed E-state index contributed by atoms with van der Waals surface area (Å²) in [6.45, 7) is 1.71. The van der Waals surface area contributed by atoms with Crippen LogP contribution >= 0.6 is 0 Å². The minimum atomic E-state index is -0.0410. The summed E-state index contributed by atoms with van der Waals surface area (Å²) in [7, 11) is 1.64. The van der Waals surface area contributed by atoms with E-state index >= 15 is 0 Å². The standard InChI is InChI=1S/C9H15N3O3/c1-13-3-2-8-11-9(15-12-8)6-4-14-5-7(6)10/h6-7H,2-5,10H2,1H3. The maximum atomic E-state index is 5.84. The van der Waals surface area contributed by atoms with Crippen molar-refractivity contribution in [2.45, 2.75) is 18.4 Å². The van der Waals surface area contributed by atoms with Crippen LogP contribution in [0.25, 0.3) is 0 Å². The first-order valence-corrected chi connectivity index (χ1v) is 4.96. The molecule has 84 valence electrons. The Hall–Kier alpha value is -0.980. The Bertz CT molecular complexity index is 315. The topological polar surface area (TPSA) is 83.4 Å². The molecular weight excluding hydrogens is 198 g/mol. The molecule has 2 heterocycles. The number of hydrogen-bond acceptors (Lipinski definition) is 6. The van der Waals surface area contributed by atoms with E-state index in [1.54, 1.807) is 7.11 Å². The molecule has 2 unspecified atom stereocenters. The van der Waals surface area contributed by atoms with Crippen molar-refractivity contribution >= 4 is 0 Å². The largest absolute Gasteiger partial charge is 0.384 e. The van der Waals surface area contributed by atoms with Crippen LogP contribution < -0.4 is 5.73 Å². The van der Waals surface area contributed by atoms with Gasteiger partial charge in [0.1, 0.15) is 0 Å². The van der Waals surface area contributed by atoms with E-state index < -0.39 is 0 Å². The molecule has 0 aliphatic carbocycles. The summed E-state index contributed by atoms with van der Waals surface area (Å²) in [5, 5.41) is 3.86. The zero-order valence-electron chi connectivity index (χ0n) is 8.68. The summed E-state index contributed by atoms with van der Waals surface area (Å²) in [6.07, 6.45) is 0.656. The second-order valence-electron chi connectivity index (χ2n) is 3.60. The highest BCUT2D eigenvalue weighted by Gasteiger charge is 2.31. The lowest BCUT2D eigenvalue weighted by Gasteiger charge is -2.06. The van der Waals surface area contributed by atoms with Crippen molar-refractivity contribution in [2.75, 3.05) is 26.9 Å². The lowest BCUT2D eigenvalue weighted by molar-refractivity contribution is 0.187. The number of nitrogens with zero attached hydrogens (tertiary/aromatic N) is 2. The van der Waals surface area contributed by atoms with Crippen LogP contribution in [0.3, 0.4) is 0 Å². The third-order valence-corrected chi connectivity index (χ3v) is 2.46. The first kappa shape index (κ1) is 10.5. The van der Waals surface area contributed by atoms with Gasteiger partial charge >= 0.3 is 0 Å². The number of nitrogens with two attached hydrogens (primary N) is 1. The molecule has 2 N–H and O–H groups in total. The summed E-state index contributed by atoms with van der Waals surface area (Å²) < 4.78 is 15.3. The van der Waals surface area contributed by atoms with Crippen LogP contribution in [0.5, 0.6) is 0 Å². The Kier molecular flexibility index (Phi) is 3.30. The van der Waals surface area contributed by atoms with Crippen molar-refractivity contribution in [3.8, 4) is 0 Å². The zero-order chi connectivity index (χ0) is 10.7. The van der Waals surface area contributed by atoms with Crippen LogP contribution in [0, 0.1) is 0 Å². The fraction of sp³-hybridized carbons (Fsp3) is 0.778. The van der Waals surface area contributed by atoms with E-state index in [1.807, 2.05) is 0 Å². The highest BCUT2D eigenvalue weighted by molar-refractivity contribution is 5.01. The molecule has 1 aliphatic heterocycles. The minimum Gasteiger partial charge on any atom is -0.384 e. The second kappa shape index (κ2) is 4.69. The van der Waals surface area contributed by atoms with Gasteiger partial charge in [-0.3, -0.25) is 0 Å². The molecule has 0 amide bonds. The van der Waals surface area contributed by atoms with E-state index in [0.29, 0.717) is 38.0 Å². The van der Waals surface area contributed by atoms with Gasteiger partial charge in [-0.2, -0.15) is 4.98 Å². The minimum absolute atomic E-state index is 0.0359. The van der Waals surface area contributed by atoms with Crippen LogP contribution in [-0.4, -0.2) is 43.1 Å². The Morgan fingerprint density at radius 3 is 3.07 bits per heavy atom. The van der Waals surface area contributed by atoms with Crippen LogP contribution in [0.15, 0.2) is 4.52 Å². The van der Waals surface area contributed by atoms with Gasteiger partial charge in [-0.15, -0.1) is 0 Å². The van der Waals surface area contributed by atoms with Gasteiger partial charge in [0.05, 0.1) is 25.7 Å². The van der Waals surface area contributed by atoms with Crippen molar-refractivity contribution in [1.29, 1.82) is 0 Å². The fourth-order valence-electron chi connectivity index (χ4n) is 1.54. The summed E-state index contributed by atoms with van der Waals surface area (Å²) >= 11 is 0. The van der Waals surface area contributed by atoms with E-state index in [-0.39, 0.29) is 12.0 Å². The Morgan fingerprint density at radius 2 is 2.40 bits per heavy atom. The van der Waals surface area contributed by atoms with Crippen LogP contribution in [0.2, 0.25) is 0 Å². The molecule has 2 rings (SSSR count). The van der Waals surface area contributed by atoms with Crippen molar-refractivity contribution in [3.05, 3.63) is 11.7 Å². The van der Waals surface area contributed by atoms with Gasteiger partial charge in [0.25, 0.3) is 0 Å². The lowest BCUT2D eigenvalue weighted by Crippen LogP contribution is -2.27. The number of aromatic nitrogens is 2. The third-order valence-electron chi connectivity index (χ3n) is 2.46. The highest BCUT2D eigenvalue weighted by atomic mass is 16.5. The molecule has 0 spiro atoms. The zero-order valence-corrected chi connectivity index (χ0v) is 8.68. The van der Waals surface area contributed by atoms with E-state index in [0.717, 1.165) is 0 Å². The first-order valence-electron chi connectivity index (χ1n) is 4.96. The van der Waals surface area contributed by atoms with Gasteiger partial charge in [-0.05, 0) is 0 Å². The normalized spacial score (nSPS) is 26.0. The molecule has 6 nitrogen and oxygen atoms in total. The Morgan fingerprint density at radius 1 is 1.53 bits per heavy atom. The third kappa shape index (κ3) is 2.34. The van der Waals surface area contributed by atoms with Crippen molar-refractivity contribution in [1.82, 2.24) is 10.1 Å². The van der Waals surface area contributed by atoms with E-state index in [9.17, 15) is 0 Å². The second-order valence-corrected chi connectivity index (χ2v) is 3.60. The van der Waals surface area contributed by atoms with E-state index in [2.05, 4.69) is 10.1 Å². The molecular formula is C9H15N3O3. The quantitative estimate of drug-likeness (QED) is 0.739. The maximum absolute atomic E-state index is 5.84. The van der Waals surface area contributed by atoms with E-state index in [1.165, 1.54) is 0 Å². The van der Waals surface area contributed by atoms with Gasteiger partial charge in [-0.25, -0.2) is 0 Å².